The van der Waals surface area contributed by atoms with Gasteiger partial charge in [0.15, 0.2) is 0 Å². The Balaban J connectivity index is 2.70. The Labute approximate surface area is 82.9 Å². The zero-order valence-corrected chi connectivity index (χ0v) is 8.12. The van der Waals surface area contributed by atoms with Crippen LogP contribution in [0.1, 0.15) is 12.5 Å². The number of nitrogens with one attached hydrogen (secondary N) is 1. The number of nitrogens with two attached hydrogens (primary N) is 1. The molecule has 1 aromatic carbocycles. The Kier molecular flexibility index (Phi) is 2.33. The standard InChI is InChI=1S/C11H13N3/c1-2-8-4-3-5-9-6-7-10(14-12)13-11(8)9/h3-7H,2,12H2,1H3,(H,13,14). The largest absolute Gasteiger partial charge is 0.308 e. The van der Waals surface area contributed by atoms with E-state index in [1.807, 2.05) is 12.1 Å². The number of hydrogen-bond acceptors (Lipinski definition) is 3. The molecule has 0 spiro atoms. The minimum Gasteiger partial charge on any atom is -0.308 e. The van der Waals surface area contributed by atoms with Gasteiger partial charge in [-0.2, -0.15) is 0 Å². The first-order chi connectivity index (χ1) is 6.85. The molecule has 0 amide bonds. The fourth-order valence-corrected chi connectivity index (χ4v) is 1.57. The number of aryl methyl sites for hydroxylation is 1. The van der Waals surface area contributed by atoms with E-state index in [1.165, 1.54) is 5.56 Å². The maximum atomic E-state index is 5.32. The van der Waals surface area contributed by atoms with E-state index in [-0.39, 0.29) is 0 Å². The molecule has 2 rings (SSSR count). The van der Waals surface area contributed by atoms with Crippen LogP contribution in [-0.2, 0) is 6.42 Å². The van der Waals surface area contributed by atoms with Crippen LogP contribution in [0.4, 0.5) is 5.82 Å². The normalized spacial score (nSPS) is 10.4. The van der Waals surface area contributed by atoms with Gasteiger partial charge >= 0.3 is 0 Å². The van der Waals surface area contributed by atoms with Crippen LogP contribution < -0.4 is 11.3 Å². The molecule has 0 aliphatic rings. The van der Waals surface area contributed by atoms with E-state index < -0.39 is 0 Å². The highest BCUT2D eigenvalue weighted by atomic mass is 15.2. The van der Waals surface area contributed by atoms with Crippen molar-refractivity contribution in [2.45, 2.75) is 13.3 Å². The first-order valence-electron chi connectivity index (χ1n) is 4.70. The molecule has 0 radical (unpaired) electrons. The molecule has 1 aromatic heterocycles. The van der Waals surface area contributed by atoms with Gasteiger partial charge in [0.25, 0.3) is 0 Å². The minimum absolute atomic E-state index is 0.707. The van der Waals surface area contributed by atoms with Gasteiger partial charge in [0, 0.05) is 5.39 Å². The highest BCUT2D eigenvalue weighted by molar-refractivity contribution is 5.83. The van der Waals surface area contributed by atoms with E-state index in [0.29, 0.717) is 5.82 Å². The molecule has 0 unspecified atom stereocenters. The van der Waals surface area contributed by atoms with Crippen molar-refractivity contribution in [3.63, 3.8) is 0 Å². The second kappa shape index (κ2) is 3.64. The summed E-state index contributed by atoms with van der Waals surface area (Å²) in [7, 11) is 0. The van der Waals surface area contributed by atoms with E-state index in [4.69, 9.17) is 5.84 Å². The van der Waals surface area contributed by atoms with E-state index in [2.05, 4.69) is 35.5 Å². The van der Waals surface area contributed by atoms with Gasteiger partial charge in [0.1, 0.15) is 5.82 Å². The molecule has 3 N–H and O–H groups in total. The number of pyridine rings is 1. The van der Waals surface area contributed by atoms with E-state index in [0.717, 1.165) is 17.3 Å². The van der Waals surface area contributed by atoms with Crippen molar-refractivity contribution < 1.29 is 0 Å². The topological polar surface area (TPSA) is 50.9 Å². The van der Waals surface area contributed by atoms with Gasteiger partial charge in [0.2, 0.25) is 0 Å². The summed E-state index contributed by atoms with van der Waals surface area (Å²) in [5.41, 5.74) is 4.84. The monoisotopic (exact) mass is 187 g/mol. The maximum Gasteiger partial charge on any atom is 0.140 e. The molecule has 0 aliphatic carbocycles. The molecular weight excluding hydrogens is 174 g/mol. The van der Waals surface area contributed by atoms with Gasteiger partial charge in [-0.25, -0.2) is 10.8 Å². The molecular formula is C11H13N3. The zero-order chi connectivity index (χ0) is 9.97. The zero-order valence-electron chi connectivity index (χ0n) is 8.12. The lowest BCUT2D eigenvalue weighted by Gasteiger charge is -2.05. The average molecular weight is 187 g/mol. The lowest BCUT2D eigenvalue weighted by atomic mass is 10.1. The number of nitrogens with zero attached hydrogens (tertiary/aromatic N) is 1. The van der Waals surface area contributed by atoms with Gasteiger partial charge in [-0.1, -0.05) is 25.1 Å². The molecule has 3 nitrogen and oxygen atoms in total. The van der Waals surface area contributed by atoms with Gasteiger partial charge in [-0.3, -0.25) is 0 Å². The van der Waals surface area contributed by atoms with Crippen molar-refractivity contribution in [3.8, 4) is 0 Å². The third-order valence-corrected chi connectivity index (χ3v) is 2.33. The minimum atomic E-state index is 0.707. The summed E-state index contributed by atoms with van der Waals surface area (Å²) in [4.78, 5) is 4.43. The number of rotatable bonds is 2. The van der Waals surface area contributed by atoms with Crippen LogP contribution in [0, 0.1) is 0 Å². The molecule has 2 aromatic rings. The van der Waals surface area contributed by atoms with Crippen molar-refractivity contribution in [1.29, 1.82) is 0 Å². The van der Waals surface area contributed by atoms with Crippen molar-refractivity contribution in [1.82, 2.24) is 4.98 Å². The lowest BCUT2D eigenvalue weighted by Crippen LogP contribution is -2.08. The van der Waals surface area contributed by atoms with E-state index in [9.17, 15) is 0 Å². The van der Waals surface area contributed by atoms with Gasteiger partial charge in [-0.05, 0) is 24.1 Å². The lowest BCUT2D eigenvalue weighted by molar-refractivity contribution is 1.14. The molecule has 0 saturated heterocycles. The van der Waals surface area contributed by atoms with Crippen molar-refractivity contribution >= 4 is 16.7 Å². The Morgan fingerprint density at radius 3 is 2.86 bits per heavy atom. The molecule has 1 heterocycles. The maximum absolute atomic E-state index is 5.32. The van der Waals surface area contributed by atoms with Crippen LogP contribution in [0.3, 0.4) is 0 Å². The Hall–Kier alpha value is -1.61. The van der Waals surface area contributed by atoms with E-state index >= 15 is 0 Å². The number of para-hydroxylation sites is 1. The van der Waals surface area contributed by atoms with Gasteiger partial charge < -0.3 is 5.43 Å². The second-order valence-electron chi connectivity index (χ2n) is 3.18. The number of benzene rings is 1. The third-order valence-electron chi connectivity index (χ3n) is 2.33. The molecule has 0 fully saturated rings. The number of aromatic nitrogens is 1. The second-order valence-corrected chi connectivity index (χ2v) is 3.18. The Bertz CT molecular complexity index is 451. The summed E-state index contributed by atoms with van der Waals surface area (Å²) in [5, 5.41) is 1.16. The summed E-state index contributed by atoms with van der Waals surface area (Å²) in [6, 6.07) is 10.1. The average Bonchev–Trinajstić information content (AvgIpc) is 2.27. The highest BCUT2D eigenvalue weighted by Gasteiger charge is 2.00. The van der Waals surface area contributed by atoms with E-state index in [1.54, 1.807) is 0 Å². The van der Waals surface area contributed by atoms with Crippen LogP contribution in [-0.4, -0.2) is 4.98 Å². The molecule has 3 heteroatoms. The first-order valence-corrected chi connectivity index (χ1v) is 4.70. The highest BCUT2D eigenvalue weighted by Crippen LogP contribution is 2.18. The summed E-state index contributed by atoms with van der Waals surface area (Å²) in [6.07, 6.45) is 0.984. The van der Waals surface area contributed by atoms with Crippen LogP contribution in [0.5, 0.6) is 0 Å². The molecule has 0 bridgehead atoms. The fraction of sp³-hybridized carbons (Fsp3) is 0.182. The molecule has 0 saturated carbocycles. The number of anilines is 1. The Morgan fingerprint density at radius 1 is 1.29 bits per heavy atom. The Morgan fingerprint density at radius 2 is 2.14 bits per heavy atom. The smallest absolute Gasteiger partial charge is 0.140 e. The molecule has 14 heavy (non-hydrogen) atoms. The predicted molar refractivity (Wildman–Crippen MR) is 58.9 cm³/mol. The first kappa shape index (κ1) is 8.97. The number of nitrogen functional groups attached to an aromatic ring is 1. The van der Waals surface area contributed by atoms with Gasteiger partial charge in [-0.15, -0.1) is 0 Å². The summed E-state index contributed by atoms with van der Waals surface area (Å²) in [5.74, 6) is 6.03. The molecule has 0 aliphatic heterocycles. The SMILES string of the molecule is CCc1cccc2ccc(NN)nc12. The van der Waals surface area contributed by atoms with Crippen LogP contribution in [0.15, 0.2) is 30.3 Å². The van der Waals surface area contributed by atoms with Crippen molar-refractivity contribution in [2.24, 2.45) is 5.84 Å². The predicted octanol–water partition coefficient (Wildman–Crippen LogP) is 2.08. The van der Waals surface area contributed by atoms with Crippen LogP contribution in [0.2, 0.25) is 0 Å². The number of fused-ring (bicyclic) bond motifs is 1. The molecule has 72 valence electrons. The fourth-order valence-electron chi connectivity index (χ4n) is 1.57. The third kappa shape index (κ3) is 1.42. The van der Waals surface area contributed by atoms with Gasteiger partial charge in [0.05, 0.1) is 5.52 Å². The summed E-state index contributed by atoms with van der Waals surface area (Å²) >= 11 is 0. The molecule has 0 atom stereocenters. The van der Waals surface area contributed by atoms with Crippen molar-refractivity contribution in [2.75, 3.05) is 5.43 Å². The van der Waals surface area contributed by atoms with Crippen molar-refractivity contribution in [3.05, 3.63) is 35.9 Å². The number of hydrazine groups is 1. The van der Waals surface area contributed by atoms with Crippen LogP contribution in [0.25, 0.3) is 10.9 Å². The van der Waals surface area contributed by atoms with Crippen LogP contribution >= 0.6 is 0 Å². The summed E-state index contributed by atoms with van der Waals surface area (Å²) in [6.45, 7) is 2.12. The number of hydrogen-bond donors (Lipinski definition) is 2. The quantitative estimate of drug-likeness (QED) is 0.559. The summed E-state index contributed by atoms with van der Waals surface area (Å²) < 4.78 is 0.